The van der Waals surface area contributed by atoms with E-state index in [-0.39, 0.29) is 11.8 Å². The van der Waals surface area contributed by atoms with Gasteiger partial charge in [-0.2, -0.15) is 0 Å². The third kappa shape index (κ3) is 5.50. The van der Waals surface area contributed by atoms with Crippen LogP contribution in [0.4, 0.5) is 0 Å². The molecule has 132 valence electrons. The molecule has 0 aromatic carbocycles. The zero-order valence-electron chi connectivity index (χ0n) is 15.1. The Hall–Kier alpha value is -1.06. The van der Waals surface area contributed by atoms with E-state index in [4.69, 9.17) is 0 Å². The molecule has 2 rings (SSSR count). The molecule has 0 radical (unpaired) electrons. The number of hydrogen-bond acceptors (Lipinski definition) is 2. The molecule has 4 nitrogen and oxygen atoms in total. The van der Waals surface area contributed by atoms with Crippen molar-refractivity contribution in [1.29, 1.82) is 0 Å². The average Bonchev–Trinajstić information content (AvgIpc) is 2.61. The largest absolute Gasteiger partial charge is 0.343 e. The molecule has 0 atom stereocenters. The molecule has 23 heavy (non-hydrogen) atoms. The molecule has 2 fully saturated rings. The summed E-state index contributed by atoms with van der Waals surface area (Å²) in [5.41, 5.74) is 0. The monoisotopic (exact) mass is 322 g/mol. The summed E-state index contributed by atoms with van der Waals surface area (Å²) in [6.07, 6.45) is 13.9. The van der Waals surface area contributed by atoms with Crippen molar-refractivity contribution in [2.24, 2.45) is 0 Å². The molecule has 0 heterocycles. The smallest absolute Gasteiger partial charge is 0.222 e. The summed E-state index contributed by atoms with van der Waals surface area (Å²) in [5, 5.41) is 0. The summed E-state index contributed by atoms with van der Waals surface area (Å²) < 4.78 is 0. The predicted molar refractivity (Wildman–Crippen MR) is 93.1 cm³/mol. The van der Waals surface area contributed by atoms with Crippen LogP contribution in [0.25, 0.3) is 0 Å². The van der Waals surface area contributed by atoms with E-state index in [1.807, 2.05) is 23.9 Å². The van der Waals surface area contributed by atoms with Crippen LogP contribution >= 0.6 is 0 Å². The van der Waals surface area contributed by atoms with E-state index in [0.717, 1.165) is 25.7 Å². The minimum atomic E-state index is 0.213. The van der Waals surface area contributed by atoms with Gasteiger partial charge in [-0.3, -0.25) is 9.59 Å². The molecule has 4 heteroatoms. The Balaban J connectivity index is 1.66. The van der Waals surface area contributed by atoms with Gasteiger partial charge in [0, 0.05) is 39.0 Å². The first-order chi connectivity index (χ1) is 11.1. The molecular weight excluding hydrogens is 288 g/mol. The molecule has 0 saturated heterocycles. The minimum Gasteiger partial charge on any atom is -0.343 e. The Labute approximate surface area is 141 Å². The second kappa shape index (κ2) is 9.29. The second-order valence-corrected chi connectivity index (χ2v) is 7.45. The number of carbonyl (C=O) groups is 2. The number of nitrogens with zero attached hydrogens (tertiary/aromatic N) is 2. The Kier molecular flexibility index (Phi) is 7.38. The van der Waals surface area contributed by atoms with Crippen molar-refractivity contribution in [2.75, 3.05) is 14.1 Å². The van der Waals surface area contributed by atoms with E-state index in [9.17, 15) is 9.59 Å². The zero-order valence-corrected chi connectivity index (χ0v) is 15.1. The van der Waals surface area contributed by atoms with E-state index in [1.165, 1.54) is 38.5 Å². The molecule has 0 bridgehead atoms. The van der Waals surface area contributed by atoms with Crippen molar-refractivity contribution in [3.63, 3.8) is 0 Å². The van der Waals surface area contributed by atoms with Gasteiger partial charge in [-0.1, -0.05) is 38.5 Å². The van der Waals surface area contributed by atoms with Crippen LogP contribution in [0, 0.1) is 0 Å². The maximum atomic E-state index is 12.3. The highest BCUT2D eigenvalue weighted by molar-refractivity contribution is 5.79. The van der Waals surface area contributed by atoms with Gasteiger partial charge in [0.1, 0.15) is 0 Å². The summed E-state index contributed by atoms with van der Waals surface area (Å²) in [5.74, 6) is 0.426. The second-order valence-electron chi connectivity index (χ2n) is 7.45. The Morgan fingerprint density at radius 3 is 1.39 bits per heavy atom. The van der Waals surface area contributed by atoms with Gasteiger partial charge < -0.3 is 9.80 Å². The molecule has 0 aromatic rings. The first kappa shape index (κ1) is 18.3. The SMILES string of the molecule is CN(C(=O)CCCC(=O)N(C)C1CCCCC1)C1CCCCC1. The molecule has 2 saturated carbocycles. The molecule has 0 N–H and O–H groups in total. The normalized spacial score (nSPS) is 20.3. The van der Waals surface area contributed by atoms with Crippen molar-refractivity contribution in [2.45, 2.75) is 95.6 Å². The summed E-state index contributed by atoms with van der Waals surface area (Å²) in [4.78, 5) is 28.5. The molecule has 0 unspecified atom stereocenters. The predicted octanol–water partition coefficient (Wildman–Crippen LogP) is 3.74. The summed E-state index contributed by atoms with van der Waals surface area (Å²) in [6.45, 7) is 0. The van der Waals surface area contributed by atoms with Gasteiger partial charge in [0.05, 0.1) is 0 Å². The summed E-state index contributed by atoms with van der Waals surface area (Å²) >= 11 is 0. The third-order valence-corrected chi connectivity index (χ3v) is 5.81. The molecule has 2 aliphatic carbocycles. The molecule has 2 amide bonds. The first-order valence-electron chi connectivity index (χ1n) is 9.61. The van der Waals surface area contributed by atoms with Crippen LogP contribution in [0.15, 0.2) is 0 Å². The Bertz CT molecular complexity index is 349. The fourth-order valence-electron chi connectivity index (χ4n) is 4.09. The van der Waals surface area contributed by atoms with Crippen LogP contribution in [-0.4, -0.2) is 47.8 Å². The van der Waals surface area contributed by atoms with E-state index in [1.54, 1.807) is 0 Å². The van der Waals surface area contributed by atoms with Crippen LogP contribution in [0.5, 0.6) is 0 Å². The zero-order chi connectivity index (χ0) is 16.7. The lowest BCUT2D eigenvalue weighted by Gasteiger charge is -2.32. The van der Waals surface area contributed by atoms with Crippen molar-refractivity contribution >= 4 is 11.8 Å². The summed E-state index contributed by atoms with van der Waals surface area (Å²) in [6, 6.07) is 0.855. The van der Waals surface area contributed by atoms with Crippen LogP contribution in [0.1, 0.15) is 83.5 Å². The number of hydrogen-bond donors (Lipinski definition) is 0. The van der Waals surface area contributed by atoms with Gasteiger partial charge in [0.25, 0.3) is 0 Å². The minimum absolute atomic E-state index is 0.213. The lowest BCUT2D eigenvalue weighted by atomic mass is 9.94. The highest BCUT2D eigenvalue weighted by atomic mass is 16.2. The van der Waals surface area contributed by atoms with Gasteiger partial charge in [0.2, 0.25) is 11.8 Å². The summed E-state index contributed by atoms with van der Waals surface area (Å²) in [7, 11) is 3.88. The fraction of sp³-hybridized carbons (Fsp3) is 0.895. The van der Waals surface area contributed by atoms with Crippen molar-refractivity contribution in [1.82, 2.24) is 9.80 Å². The Morgan fingerprint density at radius 2 is 1.04 bits per heavy atom. The number of carbonyl (C=O) groups excluding carboxylic acids is 2. The van der Waals surface area contributed by atoms with E-state index in [2.05, 4.69) is 0 Å². The third-order valence-electron chi connectivity index (χ3n) is 5.81. The van der Waals surface area contributed by atoms with E-state index in [0.29, 0.717) is 31.3 Å². The first-order valence-corrected chi connectivity index (χ1v) is 9.61. The highest BCUT2D eigenvalue weighted by Gasteiger charge is 2.24. The highest BCUT2D eigenvalue weighted by Crippen LogP contribution is 2.23. The molecule has 0 spiro atoms. The number of amides is 2. The van der Waals surface area contributed by atoms with Gasteiger partial charge in [-0.15, -0.1) is 0 Å². The lowest BCUT2D eigenvalue weighted by molar-refractivity contribution is -0.134. The molecule has 0 aliphatic heterocycles. The lowest BCUT2D eigenvalue weighted by Crippen LogP contribution is -2.39. The topological polar surface area (TPSA) is 40.6 Å². The maximum Gasteiger partial charge on any atom is 0.222 e. The Morgan fingerprint density at radius 1 is 0.696 bits per heavy atom. The van der Waals surface area contributed by atoms with E-state index >= 15 is 0 Å². The van der Waals surface area contributed by atoms with Crippen LogP contribution in [-0.2, 0) is 9.59 Å². The van der Waals surface area contributed by atoms with E-state index < -0.39 is 0 Å². The molecular formula is C19H34N2O2. The molecule has 0 aromatic heterocycles. The number of rotatable bonds is 6. The van der Waals surface area contributed by atoms with Gasteiger partial charge in [0.15, 0.2) is 0 Å². The maximum absolute atomic E-state index is 12.3. The van der Waals surface area contributed by atoms with Crippen molar-refractivity contribution in [3.05, 3.63) is 0 Å². The van der Waals surface area contributed by atoms with Crippen molar-refractivity contribution in [3.8, 4) is 0 Å². The average molecular weight is 322 g/mol. The van der Waals surface area contributed by atoms with Crippen LogP contribution < -0.4 is 0 Å². The fourth-order valence-corrected chi connectivity index (χ4v) is 4.09. The standard InChI is InChI=1S/C19H34N2O2/c1-20(16-10-5-3-6-11-16)18(22)14-9-15-19(23)21(2)17-12-7-4-8-13-17/h16-17H,3-15H2,1-2H3. The molecule has 2 aliphatic rings. The van der Waals surface area contributed by atoms with Gasteiger partial charge in [-0.05, 0) is 32.1 Å². The van der Waals surface area contributed by atoms with Gasteiger partial charge >= 0.3 is 0 Å². The quantitative estimate of drug-likeness (QED) is 0.747. The van der Waals surface area contributed by atoms with Crippen LogP contribution in [0.3, 0.4) is 0 Å². The van der Waals surface area contributed by atoms with Gasteiger partial charge in [-0.25, -0.2) is 0 Å². The van der Waals surface area contributed by atoms with Crippen molar-refractivity contribution < 1.29 is 9.59 Å². The van der Waals surface area contributed by atoms with Crippen LogP contribution in [0.2, 0.25) is 0 Å².